The maximum absolute atomic E-state index is 2.40. The molecule has 1 radical (unpaired) electrons. The van der Waals surface area contributed by atoms with E-state index < -0.39 is 0 Å². The van der Waals surface area contributed by atoms with Gasteiger partial charge in [0.25, 0.3) is 0 Å². The first-order chi connectivity index (χ1) is 4.34. The fourth-order valence-corrected chi connectivity index (χ4v) is 1.07. The van der Waals surface area contributed by atoms with Crippen LogP contribution in [0.5, 0.6) is 0 Å². The zero-order valence-electron chi connectivity index (χ0n) is 6.30. The molecule has 1 fully saturated rings. The van der Waals surface area contributed by atoms with E-state index in [-0.39, 0.29) is 0 Å². The molecule has 1 rings (SSSR count). The largest absolute Gasteiger partial charge is 0.0917 e. The highest BCUT2D eigenvalue weighted by atomic mass is 14.3. The van der Waals surface area contributed by atoms with Crippen LogP contribution < -0.4 is 0 Å². The lowest BCUT2D eigenvalue weighted by Gasteiger charge is -2.03. The second-order valence-corrected chi connectivity index (χ2v) is 2.92. The van der Waals surface area contributed by atoms with Gasteiger partial charge in [-0.05, 0) is 38.0 Å². The molecule has 1 aliphatic rings. The summed E-state index contributed by atoms with van der Waals surface area (Å²) in [5, 5.41) is 0. The van der Waals surface area contributed by atoms with Gasteiger partial charge in [0.2, 0.25) is 0 Å². The van der Waals surface area contributed by atoms with Crippen molar-refractivity contribution < 1.29 is 0 Å². The van der Waals surface area contributed by atoms with Crippen LogP contribution in [-0.2, 0) is 0 Å². The molecule has 51 valence electrons. The minimum Gasteiger partial charge on any atom is -0.0917 e. The first kappa shape index (κ1) is 6.85. The summed E-state index contributed by atoms with van der Waals surface area (Å²) < 4.78 is 0. The Morgan fingerprint density at radius 2 is 2.44 bits per heavy atom. The van der Waals surface area contributed by atoms with Crippen molar-refractivity contribution in [2.75, 3.05) is 0 Å². The van der Waals surface area contributed by atoms with Gasteiger partial charge in [0.15, 0.2) is 0 Å². The van der Waals surface area contributed by atoms with Crippen molar-refractivity contribution in [3.63, 3.8) is 0 Å². The minimum atomic E-state index is 0.890. The van der Waals surface area contributed by atoms with Crippen LogP contribution in [0.2, 0.25) is 0 Å². The number of allylic oxidation sites excluding steroid dienone is 2. The summed E-state index contributed by atoms with van der Waals surface area (Å²) in [6.07, 6.45) is 9.42. The van der Waals surface area contributed by atoms with Crippen LogP contribution in [0.15, 0.2) is 12.2 Å². The third kappa shape index (κ3) is 2.21. The van der Waals surface area contributed by atoms with E-state index in [1.165, 1.54) is 12.8 Å². The molecule has 0 aromatic rings. The van der Waals surface area contributed by atoms with Crippen LogP contribution in [0, 0.1) is 18.3 Å². The summed E-state index contributed by atoms with van der Waals surface area (Å²) >= 11 is 0. The first-order valence-corrected chi connectivity index (χ1v) is 3.79. The van der Waals surface area contributed by atoms with Crippen molar-refractivity contribution in [3.8, 4) is 0 Å². The predicted octanol–water partition coefficient (Wildman–Crippen LogP) is 2.81. The van der Waals surface area contributed by atoms with Gasteiger partial charge in [-0.2, -0.15) is 0 Å². The van der Waals surface area contributed by atoms with E-state index in [1.807, 2.05) is 0 Å². The van der Waals surface area contributed by atoms with E-state index in [4.69, 9.17) is 0 Å². The van der Waals surface area contributed by atoms with E-state index in [2.05, 4.69) is 32.4 Å². The second-order valence-electron chi connectivity index (χ2n) is 2.92. The zero-order valence-corrected chi connectivity index (χ0v) is 6.30. The molecule has 1 saturated carbocycles. The Bertz CT molecular complexity index is 98.6. The highest BCUT2D eigenvalue weighted by Gasteiger charge is 2.26. The molecule has 0 nitrogen and oxygen atoms in total. The van der Waals surface area contributed by atoms with Crippen molar-refractivity contribution in [3.05, 3.63) is 18.6 Å². The van der Waals surface area contributed by atoms with E-state index in [9.17, 15) is 0 Å². The molecular weight excluding hydrogens is 108 g/mol. The monoisotopic (exact) mass is 123 g/mol. The summed E-state index contributed by atoms with van der Waals surface area (Å²) in [6.45, 7) is 4.41. The van der Waals surface area contributed by atoms with E-state index in [0.29, 0.717) is 0 Å². The van der Waals surface area contributed by atoms with Crippen molar-refractivity contribution in [1.29, 1.82) is 0 Å². The highest BCUT2D eigenvalue weighted by Crippen LogP contribution is 2.36. The third-order valence-electron chi connectivity index (χ3n) is 1.98. The molecular formula is C9H15. The molecule has 0 amide bonds. The minimum absolute atomic E-state index is 0.890. The average Bonchev–Trinajstić information content (AvgIpc) is 2.63. The van der Waals surface area contributed by atoms with E-state index in [1.54, 1.807) is 0 Å². The van der Waals surface area contributed by atoms with Gasteiger partial charge in [0.05, 0.1) is 0 Å². The Morgan fingerprint density at radius 3 is 2.89 bits per heavy atom. The average molecular weight is 123 g/mol. The van der Waals surface area contributed by atoms with Gasteiger partial charge in [-0.1, -0.05) is 19.1 Å². The molecule has 1 aliphatic carbocycles. The van der Waals surface area contributed by atoms with Crippen LogP contribution in [0.1, 0.15) is 26.7 Å². The normalized spacial score (nSPS) is 22.9. The molecule has 0 aliphatic heterocycles. The number of rotatable bonds is 3. The van der Waals surface area contributed by atoms with Gasteiger partial charge < -0.3 is 0 Å². The Hall–Kier alpha value is -0.260. The molecule has 0 heteroatoms. The predicted molar refractivity (Wildman–Crippen MR) is 41.0 cm³/mol. The number of hydrogen-bond donors (Lipinski definition) is 0. The lowest BCUT2D eigenvalue weighted by molar-refractivity contribution is 0.530. The lowest BCUT2D eigenvalue weighted by Crippen LogP contribution is -1.93. The van der Waals surface area contributed by atoms with Crippen molar-refractivity contribution in [1.82, 2.24) is 0 Å². The number of hydrogen-bond acceptors (Lipinski definition) is 0. The Labute approximate surface area is 58.0 Å². The van der Waals surface area contributed by atoms with Crippen LogP contribution in [0.4, 0.5) is 0 Å². The van der Waals surface area contributed by atoms with Gasteiger partial charge in [-0.3, -0.25) is 0 Å². The summed E-state index contributed by atoms with van der Waals surface area (Å²) in [5.74, 6) is 1.84. The molecule has 0 N–H and O–H groups in total. The molecule has 2 atom stereocenters. The fourth-order valence-electron chi connectivity index (χ4n) is 1.07. The van der Waals surface area contributed by atoms with Crippen molar-refractivity contribution in [2.45, 2.75) is 26.7 Å². The molecule has 2 unspecified atom stereocenters. The summed E-state index contributed by atoms with van der Waals surface area (Å²) in [5.41, 5.74) is 0. The van der Waals surface area contributed by atoms with Gasteiger partial charge in [0.1, 0.15) is 0 Å². The second kappa shape index (κ2) is 3.05. The maximum Gasteiger partial charge on any atom is -0.0322 e. The van der Waals surface area contributed by atoms with Gasteiger partial charge in [-0.15, -0.1) is 0 Å². The molecule has 0 bridgehead atoms. The van der Waals surface area contributed by atoms with Crippen LogP contribution in [-0.4, -0.2) is 0 Å². The quantitative estimate of drug-likeness (QED) is 0.506. The standard InChI is InChI=1S/C9H15/c1-3-4-5-8(2)9-6-7-9/h3-4,6,8-9H,5,7H2,1-2H3. The maximum atomic E-state index is 2.40. The molecule has 9 heavy (non-hydrogen) atoms. The van der Waals surface area contributed by atoms with E-state index in [0.717, 1.165) is 11.8 Å². The topological polar surface area (TPSA) is 0 Å². The first-order valence-electron chi connectivity index (χ1n) is 3.79. The SMILES string of the molecule is CC=CCC(C)C1[CH]C1. The van der Waals surface area contributed by atoms with Crippen LogP contribution in [0.25, 0.3) is 0 Å². The summed E-state index contributed by atoms with van der Waals surface area (Å²) in [4.78, 5) is 0. The third-order valence-corrected chi connectivity index (χ3v) is 1.98. The van der Waals surface area contributed by atoms with Crippen molar-refractivity contribution in [2.24, 2.45) is 11.8 Å². The van der Waals surface area contributed by atoms with Crippen molar-refractivity contribution >= 4 is 0 Å². The lowest BCUT2D eigenvalue weighted by atomic mass is 10.0. The zero-order chi connectivity index (χ0) is 6.69. The molecule has 0 saturated heterocycles. The Morgan fingerprint density at radius 1 is 1.78 bits per heavy atom. The molecule has 0 heterocycles. The van der Waals surface area contributed by atoms with Gasteiger partial charge >= 0.3 is 0 Å². The van der Waals surface area contributed by atoms with Gasteiger partial charge in [-0.25, -0.2) is 0 Å². The van der Waals surface area contributed by atoms with Crippen LogP contribution in [0.3, 0.4) is 0 Å². The fraction of sp³-hybridized carbons (Fsp3) is 0.667. The smallest absolute Gasteiger partial charge is 0.0322 e. The Kier molecular flexibility index (Phi) is 2.32. The summed E-state index contributed by atoms with van der Waals surface area (Å²) in [6, 6.07) is 0. The Balaban J connectivity index is 2.10. The van der Waals surface area contributed by atoms with Crippen LogP contribution >= 0.6 is 0 Å². The summed E-state index contributed by atoms with van der Waals surface area (Å²) in [7, 11) is 0. The van der Waals surface area contributed by atoms with Gasteiger partial charge in [0, 0.05) is 0 Å². The van der Waals surface area contributed by atoms with E-state index >= 15 is 0 Å². The molecule has 0 spiro atoms. The molecule has 0 aromatic carbocycles. The molecule has 0 aromatic heterocycles. The highest BCUT2D eigenvalue weighted by molar-refractivity contribution is 4.99.